The summed E-state index contributed by atoms with van der Waals surface area (Å²) < 4.78 is 0. The Labute approximate surface area is 73.1 Å². The second-order valence-corrected chi connectivity index (χ2v) is 3.24. The summed E-state index contributed by atoms with van der Waals surface area (Å²) in [6, 6.07) is 0. The van der Waals surface area contributed by atoms with Crippen molar-refractivity contribution in [1.82, 2.24) is 4.90 Å². The average Bonchev–Trinajstić information content (AvgIpc) is 2.51. The van der Waals surface area contributed by atoms with Gasteiger partial charge in [-0.05, 0) is 19.8 Å². The summed E-state index contributed by atoms with van der Waals surface area (Å²) in [7, 11) is 0. The number of aliphatic hydroxyl groups excluding tert-OH is 1. The fourth-order valence-electron chi connectivity index (χ4n) is 1.27. The molecule has 0 spiro atoms. The summed E-state index contributed by atoms with van der Waals surface area (Å²) in [5.41, 5.74) is 5.69. The Bertz CT molecular complexity index is 162. The highest BCUT2D eigenvalue weighted by molar-refractivity contribution is 5.78. The number of nitrogens with two attached hydrogens (primary N) is 1. The van der Waals surface area contributed by atoms with E-state index in [-0.39, 0.29) is 0 Å². The van der Waals surface area contributed by atoms with Gasteiger partial charge in [0.25, 0.3) is 0 Å². The van der Waals surface area contributed by atoms with E-state index in [1.165, 1.54) is 12.8 Å². The van der Waals surface area contributed by atoms with E-state index < -0.39 is 6.10 Å². The number of aliphatic hydroxyl groups is 1. The minimum atomic E-state index is -0.397. The first-order chi connectivity index (χ1) is 5.70. The molecule has 0 saturated carbocycles. The van der Waals surface area contributed by atoms with E-state index in [1.54, 1.807) is 6.92 Å². The summed E-state index contributed by atoms with van der Waals surface area (Å²) in [4.78, 5) is 6.13. The van der Waals surface area contributed by atoms with Crippen LogP contribution in [0.1, 0.15) is 19.8 Å². The lowest BCUT2D eigenvalue weighted by atomic mass is 10.4. The molecule has 4 nitrogen and oxygen atoms in total. The molecule has 1 heterocycles. The molecular formula is C8H17N3O. The fraction of sp³-hybridized carbons (Fsp3) is 0.875. The zero-order chi connectivity index (χ0) is 8.97. The van der Waals surface area contributed by atoms with Crippen LogP contribution in [-0.4, -0.2) is 41.7 Å². The van der Waals surface area contributed by atoms with E-state index in [1.807, 2.05) is 0 Å². The van der Waals surface area contributed by atoms with Crippen molar-refractivity contribution in [3.8, 4) is 0 Å². The number of aliphatic imine (C=N–C) groups is 1. The summed E-state index contributed by atoms with van der Waals surface area (Å²) in [5.74, 6) is 0.577. The van der Waals surface area contributed by atoms with Crippen molar-refractivity contribution in [3.63, 3.8) is 0 Å². The van der Waals surface area contributed by atoms with E-state index in [0.29, 0.717) is 12.5 Å². The predicted octanol–water partition coefficient (Wildman–Crippen LogP) is -0.222. The molecule has 0 aliphatic carbocycles. The maximum Gasteiger partial charge on any atom is 0.191 e. The van der Waals surface area contributed by atoms with Crippen LogP contribution in [0.4, 0.5) is 0 Å². The van der Waals surface area contributed by atoms with Gasteiger partial charge in [-0.3, -0.25) is 4.99 Å². The SMILES string of the molecule is C[C@H](O)CN=C(N)N1CCCC1. The molecule has 1 rings (SSSR count). The third-order valence-electron chi connectivity index (χ3n) is 1.95. The lowest BCUT2D eigenvalue weighted by Gasteiger charge is -2.15. The fourth-order valence-corrected chi connectivity index (χ4v) is 1.27. The molecule has 1 aliphatic heterocycles. The summed E-state index contributed by atoms with van der Waals surface area (Å²) in [6.07, 6.45) is 2.00. The topological polar surface area (TPSA) is 61.9 Å². The van der Waals surface area contributed by atoms with E-state index in [4.69, 9.17) is 10.8 Å². The van der Waals surface area contributed by atoms with Crippen LogP contribution in [0, 0.1) is 0 Å². The monoisotopic (exact) mass is 171 g/mol. The Morgan fingerprint density at radius 2 is 2.17 bits per heavy atom. The Balaban J connectivity index is 2.34. The first kappa shape index (κ1) is 9.32. The van der Waals surface area contributed by atoms with Gasteiger partial charge in [-0.2, -0.15) is 0 Å². The minimum absolute atomic E-state index is 0.397. The molecule has 0 aromatic rings. The number of rotatable bonds is 2. The molecule has 0 unspecified atom stereocenters. The Morgan fingerprint density at radius 1 is 1.58 bits per heavy atom. The molecule has 12 heavy (non-hydrogen) atoms. The van der Waals surface area contributed by atoms with Gasteiger partial charge < -0.3 is 15.7 Å². The highest BCUT2D eigenvalue weighted by atomic mass is 16.3. The summed E-state index contributed by atoms with van der Waals surface area (Å²) >= 11 is 0. The van der Waals surface area contributed by atoms with Crippen LogP contribution in [0.5, 0.6) is 0 Å². The van der Waals surface area contributed by atoms with E-state index in [9.17, 15) is 0 Å². The van der Waals surface area contributed by atoms with Gasteiger partial charge in [-0.15, -0.1) is 0 Å². The lowest BCUT2D eigenvalue weighted by Crippen LogP contribution is -2.35. The minimum Gasteiger partial charge on any atom is -0.391 e. The number of guanidine groups is 1. The molecule has 1 fully saturated rings. The van der Waals surface area contributed by atoms with Crippen molar-refractivity contribution in [1.29, 1.82) is 0 Å². The van der Waals surface area contributed by atoms with Crippen molar-refractivity contribution < 1.29 is 5.11 Å². The highest BCUT2D eigenvalue weighted by Gasteiger charge is 2.12. The largest absolute Gasteiger partial charge is 0.391 e. The second kappa shape index (κ2) is 4.30. The van der Waals surface area contributed by atoms with Crippen molar-refractivity contribution in [2.24, 2.45) is 10.7 Å². The summed E-state index contributed by atoms with van der Waals surface area (Å²) in [6.45, 7) is 4.13. The van der Waals surface area contributed by atoms with Crippen molar-refractivity contribution >= 4 is 5.96 Å². The van der Waals surface area contributed by atoms with E-state index >= 15 is 0 Å². The second-order valence-electron chi connectivity index (χ2n) is 3.24. The van der Waals surface area contributed by atoms with Gasteiger partial charge in [0.05, 0.1) is 12.6 Å². The van der Waals surface area contributed by atoms with Crippen molar-refractivity contribution in [2.45, 2.75) is 25.9 Å². The first-order valence-electron chi connectivity index (χ1n) is 4.43. The molecule has 3 N–H and O–H groups in total. The van der Waals surface area contributed by atoms with Crippen molar-refractivity contribution in [2.75, 3.05) is 19.6 Å². The molecule has 4 heteroatoms. The maximum atomic E-state index is 8.96. The number of nitrogens with zero attached hydrogens (tertiary/aromatic N) is 2. The zero-order valence-corrected chi connectivity index (χ0v) is 7.53. The van der Waals surface area contributed by atoms with Crippen LogP contribution in [0.2, 0.25) is 0 Å². The molecule has 1 saturated heterocycles. The maximum absolute atomic E-state index is 8.96. The molecule has 0 aromatic heterocycles. The van der Waals surface area contributed by atoms with E-state index in [0.717, 1.165) is 13.1 Å². The molecule has 0 radical (unpaired) electrons. The van der Waals surface area contributed by atoms with E-state index in [2.05, 4.69) is 9.89 Å². The van der Waals surface area contributed by atoms with Crippen LogP contribution in [0.15, 0.2) is 4.99 Å². The normalized spacial score (nSPS) is 21.5. The van der Waals surface area contributed by atoms with Gasteiger partial charge in [0.15, 0.2) is 5.96 Å². The first-order valence-corrected chi connectivity index (χ1v) is 4.43. The lowest BCUT2D eigenvalue weighted by molar-refractivity contribution is 0.203. The molecule has 1 atom stereocenters. The van der Waals surface area contributed by atoms with Gasteiger partial charge in [0, 0.05) is 13.1 Å². The van der Waals surface area contributed by atoms with Crippen LogP contribution in [0.3, 0.4) is 0 Å². The third-order valence-corrected chi connectivity index (χ3v) is 1.95. The number of hydrogen-bond donors (Lipinski definition) is 2. The standard InChI is InChI=1S/C8H17N3O/c1-7(12)6-10-8(9)11-4-2-3-5-11/h7,12H,2-6H2,1H3,(H2,9,10)/t7-/m0/s1. The molecule has 0 aromatic carbocycles. The highest BCUT2D eigenvalue weighted by Crippen LogP contribution is 2.06. The molecule has 70 valence electrons. The molecule has 0 amide bonds. The number of likely N-dealkylation sites (tertiary alicyclic amines) is 1. The molecule has 0 bridgehead atoms. The third kappa shape index (κ3) is 2.70. The molecule has 1 aliphatic rings. The van der Waals surface area contributed by atoms with Crippen LogP contribution >= 0.6 is 0 Å². The van der Waals surface area contributed by atoms with Gasteiger partial charge in [-0.25, -0.2) is 0 Å². The Hall–Kier alpha value is -0.770. The zero-order valence-electron chi connectivity index (χ0n) is 7.53. The quantitative estimate of drug-likeness (QED) is 0.446. The van der Waals surface area contributed by atoms with Crippen LogP contribution < -0.4 is 5.73 Å². The predicted molar refractivity (Wildman–Crippen MR) is 49.0 cm³/mol. The van der Waals surface area contributed by atoms with Gasteiger partial charge in [0.2, 0.25) is 0 Å². The van der Waals surface area contributed by atoms with Crippen LogP contribution in [0.25, 0.3) is 0 Å². The molecular weight excluding hydrogens is 154 g/mol. The summed E-state index contributed by atoms with van der Waals surface area (Å²) in [5, 5.41) is 8.96. The number of hydrogen-bond acceptors (Lipinski definition) is 2. The van der Waals surface area contributed by atoms with Gasteiger partial charge in [-0.1, -0.05) is 0 Å². The Morgan fingerprint density at radius 3 is 2.67 bits per heavy atom. The van der Waals surface area contributed by atoms with Crippen LogP contribution in [-0.2, 0) is 0 Å². The van der Waals surface area contributed by atoms with Crippen molar-refractivity contribution in [3.05, 3.63) is 0 Å². The van der Waals surface area contributed by atoms with Gasteiger partial charge in [0.1, 0.15) is 0 Å². The Kier molecular flexibility index (Phi) is 3.34. The smallest absolute Gasteiger partial charge is 0.191 e. The average molecular weight is 171 g/mol. The van der Waals surface area contributed by atoms with Gasteiger partial charge >= 0.3 is 0 Å².